The average Bonchev–Trinajstić information content (AvgIpc) is 2.61. The van der Waals surface area contributed by atoms with Crippen molar-refractivity contribution in [2.24, 2.45) is 34.5 Å². The predicted octanol–water partition coefficient (Wildman–Crippen LogP) is 1.89. The van der Waals surface area contributed by atoms with Crippen molar-refractivity contribution in [1.29, 1.82) is 0 Å². The van der Waals surface area contributed by atoms with Crippen LogP contribution in [0.4, 0.5) is 0 Å². The topological polar surface area (TPSA) is 85.2 Å². The van der Waals surface area contributed by atoms with Crippen LogP contribution >= 0.6 is 0 Å². The first-order valence-corrected chi connectivity index (χ1v) is 10.0. The highest BCUT2D eigenvalue weighted by atomic mass is 16.6. The Morgan fingerprint density at radius 1 is 1.22 bits per heavy atom. The zero-order valence-electron chi connectivity index (χ0n) is 16.8. The van der Waals surface area contributed by atoms with Crippen LogP contribution < -0.4 is 0 Å². The minimum absolute atomic E-state index is 0.0285. The number of fused-ring (bicyclic) bond motifs is 2. The lowest BCUT2D eigenvalue weighted by Gasteiger charge is -2.68. The number of hydrogen-bond acceptors (Lipinski definition) is 6. The van der Waals surface area contributed by atoms with Crippen LogP contribution in [0.15, 0.2) is 11.8 Å². The summed E-state index contributed by atoms with van der Waals surface area (Å²) in [5, 5.41) is 21.8. The van der Waals surface area contributed by atoms with Crippen molar-refractivity contribution in [1.82, 2.24) is 0 Å². The molecule has 6 nitrogen and oxygen atoms in total. The number of hydrogen-bond donors (Lipinski definition) is 2. The number of aliphatic hydroxyl groups excluding tert-OH is 2. The second kappa shape index (κ2) is 6.28. The number of methoxy groups -OCH3 is 2. The van der Waals surface area contributed by atoms with E-state index >= 15 is 0 Å². The summed E-state index contributed by atoms with van der Waals surface area (Å²) in [6.45, 7) is 6.21. The Morgan fingerprint density at radius 2 is 1.93 bits per heavy atom. The third kappa shape index (κ3) is 2.30. The van der Waals surface area contributed by atoms with Gasteiger partial charge >= 0.3 is 0 Å². The van der Waals surface area contributed by atoms with Gasteiger partial charge in [-0.3, -0.25) is 4.79 Å². The molecule has 0 spiro atoms. The molecule has 1 aliphatic heterocycles. The maximum Gasteiger partial charge on any atom is 0.203 e. The Kier molecular flexibility index (Phi) is 4.50. The minimum Gasteiger partial charge on any atom is -0.493 e. The summed E-state index contributed by atoms with van der Waals surface area (Å²) in [6.07, 6.45) is 1.62. The highest BCUT2D eigenvalue weighted by Gasteiger charge is 2.71. The standard InChI is InChI=1S/C21H32O6/c1-10-12-9-15(22)27-14-8-11-6-7-13(25-4)19(24)20(11,2)18(21(12,14)3)16(23)17(10)26-5/h7,10-12,14-18,22-23H,6,8-9H2,1-5H3. The first-order valence-electron chi connectivity index (χ1n) is 10.0. The molecule has 10 unspecified atom stereocenters. The van der Waals surface area contributed by atoms with Crippen LogP contribution in [0.1, 0.15) is 40.0 Å². The normalized spacial score (nSPS) is 54.6. The molecule has 0 aromatic heterocycles. The van der Waals surface area contributed by atoms with Crippen molar-refractivity contribution in [2.45, 2.75) is 64.6 Å². The van der Waals surface area contributed by atoms with Gasteiger partial charge in [0, 0.05) is 30.3 Å². The van der Waals surface area contributed by atoms with Gasteiger partial charge in [0.2, 0.25) is 5.78 Å². The highest BCUT2D eigenvalue weighted by molar-refractivity contribution is 5.99. The summed E-state index contributed by atoms with van der Waals surface area (Å²) in [6, 6.07) is 0. The Hall–Kier alpha value is -0.950. The first-order chi connectivity index (χ1) is 12.7. The second-order valence-corrected chi connectivity index (χ2v) is 9.37. The summed E-state index contributed by atoms with van der Waals surface area (Å²) < 4.78 is 17.1. The molecule has 4 aliphatic rings. The van der Waals surface area contributed by atoms with Gasteiger partial charge in [-0.05, 0) is 36.7 Å². The molecule has 2 saturated carbocycles. The zero-order chi connectivity index (χ0) is 19.7. The number of allylic oxidation sites excluding steroid dienone is 2. The number of rotatable bonds is 2. The van der Waals surface area contributed by atoms with Gasteiger partial charge < -0.3 is 24.4 Å². The third-order valence-electron chi connectivity index (χ3n) is 8.56. The van der Waals surface area contributed by atoms with E-state index in [9.17, 15) is 15.0 Å². The molecule has 0 radical (unpaired) electrons. The van der Waals surface area contributed by atoms with Crippen molar-refractivity contribution >= 4 is 5.78 Å². The fourth-order valence-electron chi connectivity index (χ4n) is 7.28. The van der Waals surface area contributed by atoms with E-state index in [4.69, 9.17) is 14.2 Å². The van der Waals surface area contributed by atoms with Gasteiger partial charge in [0.05, 0.1) is 25.4 Å². The molecule has 0 bridgehead atoms. The summed E-state index contributed by atoms with van der Waals surface area (Å²) in [4.78, 5) is 13.5. The molecule has 6 heteroatoms. The van der Waals surface area contributed by atoms with Gasteiger partial charge in [0.15, 0.2) is 12.0 Å². The quantitative estimate of drug-likeness (QED) is 0.761. The third-order valence-corrected chi connectivity index (χ3v) is 8.56. The molecule has 4 rings (SSSR count). The summed E-state index contributed by atoms with van der Waals surface area (Å²) in [7, 11) is 3.15. The number of carbonyl (C=O) groups excluding carboxylic acids is 1. The van der Waals surface area contributed by atoms with Gasteiger partial charge in [-0.1, -0.05) is 20.8 Å². The Bertz CT molecular complexity index is 661. The average molecular weight is 380 g/mol. The molecule has 2 N–H and O–H groups in total. The fourth-order valence-corrected chi connectivity index (χ4v) is 7.28. The van der Waals surface area contributed by atoms with Crippen LogP contribution in [0.25, 0.3) is 0 Å². The van der Waals surface area contributed by atoms with E-state index in [2.05, 4.69) is 13.8 Å². The van der Waals surface area contributed by atoms with E-state index in [1.807, 2.05) is 13.0 Å². The summed E-state index contributed by atoms with van der Waals surface area (Å²) in [5.41, 5.74) is -1.16. The Morgan fingerprint density at radius 3 is 2.56 bits per heavy atom. The van der Waals surface area contributed by atoms with Crippen LogP contribution in [0.3, 0.4) is 0 Å². The van der Waals surface area contributed by atoms with Crippen LogP contribution in [0.2, 0.25) is 0 Å². The van der Waals surface area contributed by atoms with Crippen molar-refractivity contribution in [3.8, 4) is 0 Å². The van der Waals surface area contributed by atoms with Crippen LogP contribution in [-0.2, 0) is 19.0 Å². The first kappa shape index (κ1) is 19.4. The Labute approximate surface area is 160 Å². The molecule has 0 aromatic carbocycles. The predicted molar refractivity (Wildman–Crippen MR) is 97.5 cm³/mol. The molecule has 1 saturated heterocycles. The van der Waals surface area contributed by atoms with Crippen molar-refractivity contribution in [3.05, 3.63) is 11.8 Å². The van der Waals surface area contributed by atoms with Crippen LogP contribution in [0.5, 0.6) is 0 Å². The van der Waals surface area contributed by atoms with Crippen molar-refractivity contribution in [3.63, 3.8) is 0 Å². The van der Waals surface area contributed by atoms with Crippen molar-refractivity contribution < 1.29 is 29.2 Å². The highest BCUT2D eigenvalue weighted by Crippen LogP contribution is 2.68. The number of ketones is 1. The fraction of sp³-hybridized carbons (Fsp3) is 0.857. The number of Topliss-reactive ketones (excluding diaryl/α,β-unsaturated/α-hetero) is 1. The van der Waals surface area contributed by atoms with E-state index in [1.54, 1.807) is 7.11 Å². The SMILES string of the molecule is COC1=CCC2CC3OC(O)CC4C(C)C(OC)C(O)C(C2(C)C1=O)C34C. The van der Waals surface area contributed by atoms with Crippen LogP contribution in [-0.4, -0.2) is 54.8 Å². The lowest BCUT2D eigenvalue weighted by molar-refractivity contribution is -0.324. The molecule has 1 heterocycles. The second-order valence-electron chi connectivity index (χ2n) is 9.37. The van der Waals surface area contributed by atoms with Gasteiger partial charge in [0.25, 0.3) is 0 Å². The zero-order valence-corrected chi connectivity index (χ0v) is 16.8. The largest absolute Gasteiger partial charge is 0.493 e. The maximum atomic E-state index is 13.5. The molecule has 10 atom stereocenters. The number of carbonyl (C=O) groups is 1. The molecule has 152 valence electrons. The van der Waals surface area contributed by atoms with E-state index in [0.717, 1.165) is 0 Å². The molecule has 27 heavy (non-hydrogen) atoms. The molecular weight excluding hydrogens is 348 g/mol. The number of ether oxygens (including phenoxy) is 3. The van der Waals surface area contributed by atoms with Gasteiger partial charge in [-0.2, -0.15) is 0 Å². The molecular formula is C21H32O6. The molecule has 3 aliphatic carbocycles. The molecule has 0 amide bonds. The smallest absolute Gasteiger partial charge is 0.203 e. The van der Waals surface area contributed by atoms with Crippen LogP contribution in [0, 0.1) is 34.5 Å². The van der Waals surface area contributed by atoms with Gasteiger partial charge in [0.1, 0.15) is 0 Å². The Balaban J connectivity index is 1.89. The van der Waals surface area contributed by atoms with Gasteiger partial charge in [-0.15, -0.1) is 0 Å². The lowest BCUT2D eigenvalue weighted by atomic mass is 9.39. The number of aliphatic hydroxyl groups is 2. The monoisotopic (exact) mass is 380 g/mol. The summed E-state index contributed by atoms with van der Waals surface area (Å²) in [5.74, 6) is 0.246. The molecule has 3 fully saturated rings. The lowest BCUT2D eigenvalue weighted by Crippen LogP contribution is -2.73. The minimum atomic E-state index is -0.808. The van der Waals surface area contributed by atoms with Gasteiger partial charge in [-0.25, -0.2) is 0 Å². The van der Waals surface area contributed by atoms with E-state index in [1.165, 1.54) is 7.11 Å². The summed E-state index contributed by atoms with van der Waals surface area (Å²) >= 11 is 0. The van der Waals surface area contributed by atoms with E-state index in [-0.39, 0.29) is 41.7 Å². The molecule has 0 aromatic rings. The maximum absolute atomic E-state index is 13.5. The van der Waals surface area contributed by atoms with Crippen molar-refractivity contribution in [2.75, 3.05) is 14.2 Å². The van der Waals surface area contributed by atoms with E-state index < -0.39 is 23.2 Å². The van der Waals surface area contributed by atoms with E-state index in [0.29, 0.717) is 25.0 Å².